The van der Waals surface area contributed by atoms with Crippen LogP contribution in [0.2, 0.25) is 0 Å². The van der Waals surface area contributed by atoms with E-state index in [1.54, 1.807) is 24.3 Å². The standard InChI is InChI=1S/C14H12O3S/c15-18(16,17)14-9-5-4-8-13(14)11-10-12-6-2-1-3-7-12/h1-11H,(H,15,16,17)/p-1/b11-10+. The van der Waals surface area contributed by atoms with Crippen LogP contribution in [0.3, 0.4) is 0 Å². The van der Waals surface area contributed by atoms with Gasteiger partial charge in [-0.05, 0) is 17.2 Å². The predicted octanol–water partition coefficient (Wildman–Crippen LogP) is 2.76. The first-order valence-corrected chi connectivity index (χ1v) is 6.76. The molecule has 0 bridgehead atoms. The van der Waals surface area contributed by atoms with Crippen molar-refractivity contribution in [2.45, 2.75) is 4.90 Å². The summed E-state index contributed by atoms with van der Waals surface area (Å²) in [5.41, 5.74) is 1.34. The summed E-state index contributed by atoms with van der Waals surface area (Å²) in [5.74, 6) is 0. The second kappa shape index (κ2) is 5.16. The van der Waals surface area contributed by atoms with E-state index in [9.17, 15) is 13.0 Å². The predicted molar refractivity (Wildman–Crippen MR) is 69.8 cm³/mol. The summed E-state index contributed by atoms with van der Waals surface area (Å²) in [7, 11) is -4.44. The highest BCUT2D eigenvalue weighted by atomic mass is 32.2. The molecule has 2 rings (SSSR count). The van der Waals surface area contributed by atoms with Crippen molar-refractivity contribution < 1.29 is 13.0 Å². The lowest BCUT2D eigenvalue weighted by molar-refractivity contribution is 0.463. The van der Waals surface area contributed by atoms with Gasteiger partial charge in [-0.3, -0.25) is 0 Å². The Bertz CT molecular complexity index is 658. The molecule has 0 aliphatic rings. The number of rotatable bonds is 3. The van der Waals surface area contributed by atoms with Gasteiger partial charge >= 0.3 is 0 Å². The molecular formula is C14H11O3S-. The molecule has 0 fully saturated rings. The molecule has 0 N–H and O–H groups in total. The highest BCUT2D eigenvalue weighted by molar-refractivity contribution is 7.85. The topological polar surface area (TPSA) is 57.2 Å². The van der Waals surface area contributed by atoms with Crippen molar-refractivity contribution >= 4 is 22.3 Å². The van der Waals surface area contributed by atoms with Gasteiger partial charge in [-0.15, -0.1) is 0 Å². The van der Waals surface area contributed by atoms with Crippen molar-refractivity contribution in [3.05, 3.63) is 65.7 Å². The molecule has 0 aliphatic heterocycles. The van der Waals surface area contributed by atoms with Crippen LogP contribution in [0, 0.1) is 0 Å². The third-order valence-electron chi connectivity index (χ3n) is 2.44. The minimum Gasteiger partial charge on any atom is -0.744 e. The lowest BCUT2D eigenvalue weighted by Gasteiger charge is -2.09. The maximum absolute atomic E-state index is 11.1. The third-order valence-corrected chi connectivity index (χ3v) is 3.35. The van der Waals surface area contributed by atoms with Crippen molar-refractivity contribution in [3.63, 3.8) is 0 Å². The van der Waals surface area contributed by atoms with Crippen LogP contribution in [0.5, 0.6) is 0 Å². The average Bonchev–Trinajstić information content (AvgIpc) is 2.37. The zero-order valence-corrected chi connectivity index (χ0v) is 10.3. The summed E-state index contributed by atoms with van der Waals surface area (Å²) in [6.07, 6.45) is 3.39. The van der Waals surface area contributed by atoms with Crippen LogP contribution in [0.25, 0.3) is 12.2 Å². The van der Waals surface area contributed by atoms with Crippen LogP contribution in [-0.4, -0.2) is 13.0 Å². The van der Waals surface area contributed by atoms with Crippen LogP contribution in [0.4, 0.5) is 0 Å². The van der Waals surface area contributed by atoms with Crippen LogP contribution < -0.4 is 0 Å². The summed E-state index contributed by atoms with van der Waals surface area (Å²) >= 11 is 0. The second-order valence-electron chi connectivity index (χ2n) is 3.74. The van der Waals surface area contributed by atoms with Crippen molar-refractivity contribution in [1.82, 2.24) is 0 Å². The second-order valence-corrected chi connectivity index (χ2v) is 5.08. The fourth-order valence-corrected chi connectivity index (χ4v) is 2.27. The summed E-state index contributed by atoms with van der Waals surface area (Å²) in [6.45, 7) is 0. The number of hydrogen-bond donors (Lipinski definition) is 0. The first-order chi connectivity index (χ1) is 8.57. The number of benzene rings is 2. The fraction of sp³-hybridized carbons (Fsp3) is 0. The Balaban J connectivity index is 2.39. The first kappa shape index (κ1) is 12.5. The van der Waals surface area contributed by atoms with Gasteiger partial charge in [-0.2, -0.15) is 0 Å². The Labute approximate surface area is 106 Å². The van der Waals surface area contributed by atoms with Crippen molar-refractivity contribution in [2.24, 2.45) is 0 Å². The minimum absolute atomic E-state index is 0.197. The molecule has 2 aromatic rings. The Morgan fingerprint density at radius 2 is 1.44 bits per heavy atom. The van der Waals surface area contributed by atoms with Gasteiger partial charge in [0.25, 0.3) is 0 Å². The maximum Gasteiger partial charge on any atom is 0.125 e. The molecule has 3 nitrogen and oxygen atoms in total. The van der Waals surface area contributed by atoms with E-state index in [0.717, 1.165) is 5.56 Å². The van der Waals surface area contributed by atoms with Gasteiger partial charge < -0.3 is 4.55 Å². The summed E-state index contributed by atoms with van der Waals surface area (Å²) in [5, 5.41) is 0. The third kappa shape index (κ3) is 3.06. The van der Waals surface area contributed by atoms with Gasteiger partial charge in [-0.25, -0.2) is 8.42 Å². The van der Waals surface area contributed by atoms with Gasteiger partial charge in [-0.1, -0.05) is 60.7 Å². The molecule has 0 saturated carbocycles. The molecule has 4 heteroatoms. The van der Waals surface area contributed by atoms with E-state index < -0.39 is 10.1 Å². The maximum atomic E-state index is 11.1. The molecule has 18 heavy (non-hydrogen) atoms. The minimum atomic E-state index is -4.44. The zero-order chi connectivity index (χ0) is 13.0. The van der Waals surface area contributed by atoms with Crippen LogP contribution in [-0.2, 0) is 10.1 Å². The Morgan fingerprint density at radius 3 is 2.11 bits per heavy atom. The highest BCUT2D eigenvalue weighted by Gasteiger charge is 2.04. The number of hydrogen-bond acceptors (Lipinski definition) is 3. The quantitative estimate of drug-likeness (QED) is 0.629. The Kier molecular flexibility index (Phi) is 3.60. The smallest absolute Gasteiger partial charge is 0.125 e. The largest absolute Gasteiger partial charge is 0.744 e. The average molecular weight is 259 g/mol. The van der Waals surface area contributed by atoms with Gasteiger partial charge in [0.05, 0.1) is 4.90 Å². The molecule has 0 amide bonds. The fourth-order valence-electron chi connectivity index (χ4n) is 1.60. The van der Waals surface area contributed by atoms with E-state index >= 15 is 0 Å². The van der Waals surface area contributed by atoms with Crippen molar-refractivity contribution in [3.8, 4) is 0 Å². The molecule has 0 saturated heterocycles. The molecule has 0 aromatic heterocycles. The summed E-state index contributed by atoms with van der Waals surface area (Å²) < 4.78 is 33.2. The summed E-state index contributed by atoms with van der Waals surface area (Å²) in [6, 6.07) is 15.6. The van der Waals surface area contributed by atoms with Gasteiger partial charge in [0.1, 0.15) is 10.1 Å². The monoisotopic (exact) mass is 259 g/mol. The lowest BCUT2D eigenvalue weighted by Crippen LogP contribution is -2.00. The molecule has 92 valence electrons. The highest BCUT2D eigenvalue weighted by Crippen LogP contribution is 2.17. The molecule has 0 spiro atoms. The molecular weight excluding hydrogens is 248 g/mol. The van der Waals surface area contributed by atoms with E-state index in [0.29, 0.717) is 5.56 Å². The van der Waals surface area contributed by atoms with E-state index in [-0.39, 0.29) is 4.90 Å². The van der Waals surface area contributed by atoms with Gasteiger partial charge in [0.15, 0.2) is 0 Å². The molecule has 0 atom stereocenters. The molecule has 0 unspecified atom stereocenters. The van der Waals surface area contributed by atoms with E-state index in [2.05, 4.69) is 0 Å². The molecule has 0 radical (unpaired) electrons. The first-order valence-electron chi connectivity index (χ1n) is 5.35. The van der Waals surface area contributed by atoms with Crippen LogP contribution in [0.1, 0.15) is 11.1 Å². The van der Waals surface area contributed by atoms with Gasteiger partial charge in [0, 0.05) is 0 Å². The zero-order valence-electron chi connectivity index (χ0n) is 9.48. The van der Waals surface area contributed by atoms with E-state index in [1.165, 1.54) is 12.1 Å². The molecule has 0 aliphatic carbocycles. The SMILES string of the molecule is O=S(=O)([O-])c1ccccc1/C=C/c1ccccc1. The Hall–Kier alpha value is -1.91. The lowest BCUT2D eigenvalue weighted by atomic mass is 10.1. The van der Waals surface area contributed by atoms with Crippen molar-refractivity contribution in [2.75, 3.05) is 0 Å². The van der Waals surface area contributed by atoms with Crippen LogP contribution in [0.15, 0.2) is 59.5 Å². The molecule has 0 heterocycles. The summed E-state index contributed by atoms with van der Waals surface area (Å²) in [4.78, 5) is -0.197. The van der Waals surface area contributed by atoms with Gasteiger partial charge in [0.2, 0.25) is 0 Å². The van der Waals surface area contributed by atoms with Crippen molar-refractivity contribution in [1.29, 1.82) is 0 Å². The molecule has 2 aromatic carbocycles. The Morgan fingerprint density at radius 1 is 0.833 bits per heavy atom. The normalized spacial score (nSPS) is 11.8. The van der Waals surface area contributed by atoms with E-state index in [1.807, 2.05) is 30.3 Å². The van der Waals surface area contributed by atoms with Crippen LogP contribution >= 0.6 is 0 Å². The van der Waals surface area contributed by atoms with E-state index in [4.69, 9.17) is 0 Å².